The number of amides is 3. The summed E-state index contributed by atoms with van der Waals surface area (Å²) in [4.78, 5) is 43.7. The topological polar surface area (TPSA) is 101 Å². The van der Waals surface area contributed by atoms with Crippen LogP contribution in [0, 0.1) is 6.92 Å². The van der Waals surface area contributed by atoms with E-state index in [0.29, 0.717) is 24.2 Å². The second-order valence-corrected chi connectivity index (χ2v) is 10.2. The number of fused-ring (bicyclic) bond motifs is 2. The summed E-state index contributed by atoms with van der Waals surface area (Å²) in [6, 6.07) is 6.89. The van der Waals surface area contributed by atoms with Crippen molar-refractivity contribution in [2.75, 3.05) is 25.5 Å². The molecule has 2 N–H and O–H groups in total. The molecule has 2 aliphatic heterocycles. The third-order valence-corrected chi connectivity index (χ3v) is 7.74. The Balaban J connectivity index is 1.41. The van der Waals surface area contributed by atoms with E-state index in [2.05, 4.69) is 15.6 Å². The van der Waals surface area contributed by atoms with Crippen LogP contribution in [0.2, 0.25) is 0 Å². The minimum Gasteiger partial charge on any atom is -0.486 e. The van der Waals surface area contributed by atoms with Gasteiger partial charge in [-0.2, -0.15) is 13.2 Å². The number of Topliss-reactive ketones (excluding diaryl/α,β-unsaturated/α-hetero) is 1. The number of halogens is 3. The van der Waals surface area contributed by atoms with Crippen molar-refractivity contribution in [2.24, 2.45) is 0 Å². The maximum atomic E-state index is 13.6. The van der Waals surface area contributed by atoms with Gasteiger partial charge in [-0.15, -0.1) is 0 Å². The van der Waals surface area contributed by atoms with E-state index in [4.69, 9.17) is 4.74 Å². The largest absolute Gasteiger partial charge is 0.486 e. The monoisotopic (exact) mass is 532 g/mol. The van der Waals surface area contributed by atoms with Gasteiger partial charge in [-0.1, -0.05) is 23.0 Å². The Labute approximate surface area is 213 Å². The van der Waals surface area contributed by atoms with Crippen LogP contribution in [-0.2, 0) is 6.18 Å². The first-order chi connectivity index (χ1) is 17.5. The highest BCUT2D eigenvalue weighted by Gasteiger charge is 2.44. The molecular formula is C25H23F3N4O4S. The number of urea groups is 1. The number of rotatable bonds is 2. The zero-order chi connectivity index (χ0) is 26.5. The lowest BCUT2D eigenvalue weighted by Crippen LogP contribution is -2.52. The number of likely N-dealkylation sites (tertiary alicyclic amines) is 1. The number of carbonyl (C=O) groups excluding carboxylic acids is 3. The highest BCUT2D eigenvalue weighted by molar-refractivity contribution is 7.23. The van der Waals surface area contributed by atoms with Gasteiger partial charge in [0.2, 0.25) is 0 Å². The number of anilines is 1. The lowest BCUT2D eigenvalue weighted by atomic mass is 9.82. The molecule has 3 amide bonds. The molecule has 0 atom stereocenters. The summed E-state index contributed by atoms with van der Waals surface area (Å²) in [5.41, 5.74) is -0.194. The minimum atomic E-state index is -4.65. The summed E-state index contributed by atoms with van der Waals surface area (Å²) in [7, 11) is 1.39. The Morgan fingerprint density at radius 3 is 2.57 bits per heavy atom. The van der Waals surface area contributed by atoms with Gasteiger partial charge in [0, 0.05) is 38.4 Å². The van der Waals surface area contributed by atoms with Crippen LogP contribution in [0.4, 0.5) is 23.0 Å². The highest BCUT2D eigenvalue weighted by Crippen LogP contribution is 2.42. The molecule has 5 rings (SSSR count). The molecule has 0 saturated carbocycles. The Hall–Kier alpha value is -3.67. The normalized spacial score (nSPS) is 16.9. The molecule has 37 heavy (non-hydrogen) atoms. The average molecular weight is 533 g/mol. The summed E-state index contributed by atoms with van der Waals surface area (Å²) in [5, 5.41) is 5.25. The highest BCUT2D eigenvalue weighted by atomic mass is 32.1. The van der Waals surface area contributed by atoms with Gasteiger partial charge in [0.1, 0.15) is 26.9 Å². The van der Waals surface area contributed by atoms with Gasteiger partial charge in [0.25, 0.3) is 5.91 Å². The Morgan fingerprint density at radius 1 is 1.16 bits per heavy atom. The van der Waals surface area contributed by atoms with Gasteiger partial charge >= 0.3 is 12.2 Å². The van der Waals surface area contributed by atoms with E-state index in [0.717, 1.165) is 23.0 Å². The van der Waals surface area contributed by atoms with E-state index in [1.165, 1.54) is 13.1 Å². The molecule has 0 unspecified atom stereocenters. The lowest BCUT2D eigenvalue weighted by Gasteiger charge is -2.44. The number of aryl methyl sites for hydroxylation is 1. The molecule has 2 aliphatic rings. The quantitative estimate of drug-likeness (QED) is 0.483. The minimum absolute atomic E-state index is 0.00263. The smallest absolute Gasteiger partial charge is 0.433 e. The number of aromatic nitrogens is 1. The molecule has 194 valence electrons. The number of thiophene rings is 1. The van der Waals surface area contributed by atoms with Gasteiger partial charge in [-0.3, -0.25) is 14.9 Å². The molecule has 1 fully saturated rings. The van der Waals surface area contributed by atoms with Crippen molar-refractivity contribution >= 4 is 44.3 Å². The predicted octanol–water partition coefficient (Wildman–Crippen LogP) is 5.02. The first-order valence-corrected chi connectivity index (χ1v) is 12.4. The number of hydrogen-bond donors (Lipinski definition) is 2. The molecule has 4 heterocycles. The number of benzene rings is 1. The molecule has 0 radical (unpaired) electrons. The zero-order valence-corrected chi connectivity index (χ0v) is 20.8. The number of piperidine rings is 1. The van der Waals surface area contributed by atoms with E-state index in [1.807, 2.05) is 19.1 Å². The second kappa shape index (κ2) is 9.02. The van der Waals surface area contributed by atoms with Gasteiger partial charge in [-0.25, -0.2) is 9.78 Å². The van der Waals surface area contributed by atoms with Crippen molar-refractivity contribution in [3.8, 4) is 5.75 Å². The predicted molar refractivity (Wildman–Crippen MR) is 131 cm³/mol. The molecule has 1 spiro atoms. The number of hydrogen-bond acceptors (Lipinski definition) is 6. The van der Waals surface area contributed by atoms with Crippen LogP contribution in [0.5, 0.6) is 5.75 Å². The van der Waals surface area contributed by atoms with Crippen LogP contribution in [0.25, 0.3) is 10.2 Å². The second-order valence-electron chi connectivity index (χ2n) is 9.23. The SMILES string of the molecule is CNC(=O)Nc1sc2nc(C(F)(F)F)ccc2c1C(=O)N1CCC2(CC1)CC(=O)c1cc(C)ccc1O2. The van der Waals surface area contributed by atoms with Crippen molar-refractivity contribution in [3.63, 3.8) is 0 Å². The first kappa shape index (κ1) is 25.0. The first-order valence-electron chi connectivity index (χ1n) is 11.6. The van der Waals surface area contributed by atoms with Gasteiger partial charge in [-0.05, 0) is 31.2 Å². The molecule has 1 saturated heterocycles. The standard InChI is InChI=1S/C25H23F3N4O4S/c1-13-3-5-17-15(11-13)16(33)12-24(36-17)7-9-32(10-8-24)22(34)19-14-4-6-18(25(26,27)28)30-20(14)37-21(19)31-23(35)29-2/h3-6,11H,7-10,12H2,1-2H3,(H2,29,31,35). The number of ketones is 1. The van der Waals surface area contributed by atoms with E-state index >= 15 is 0 Å². The van der Waals surface area contributed by atoms with Crippen molar-refractivity contribution in [1.29, 1.82) is 0 Å². The summed E-state index contributed by atoms with van der Waals surface area (Å²) < 4.78 is 45.9. The van der Waals surface area contributed by atoms with Crippen LogP contribution in [-0.4, -0.2) is 53.3 Å². The number of alkyl halides is 3. The van der Waals surface area contributed by atoms with Crippen LogP contribution in [0.1, 0.15) is 51.2 Å². The molecule has 1 aromatic carbocycles. The van der Waals surface area contributed by atoms with Crippen molar-refractivity contribution in [3.05, 3.63) is 52.7 Å². The third kappa shape index (κ3) is 4.61. The van der Waals surface area contributed by atoms with Crippen molar-refractivity contribution < 1.29 is 32.3 Å². The fourth-order valence-electron chi connectivity index (χ4n) is 4.76. The lowest BCUT2D eigenvalue weighted by molar-refractivity contribution is -0.140. The van der Waals surface area contributed by atoms with Crippen molar-refractivity contribution in [1.82, 2.24) is 15.2 Å². The van der Waals surface area contributed by atoms with Crippen LogP contribution < -0.4 is 15.4 Å². The summed E-state index contributed by atoms with van der Waals surface area (Å²) in [6.45, 7) is 2.46. The maximum absolute atomic E-state index is 13.6. The molecular weight excluding hydrogens is 509 g/mol. The Kier molecular flexibility index (Phi) is 6.09. The molecule has 8 nitrogen and oxygen atoms in total. The Bertz CT molecular complexity index is 1430. The van der Waals surface area contributed by atoms with Gasteiger partial charge in [0.05, 0.1) is 17.5 Å². The molecule has 2 aromatic heterocycles. The summed E-state index contributed by atoms with van der Waals surface area (Å²) >= 11 is 0.806. The number of pyridine rings is 1. The fraction of sp³-hybridized carbons (Fsp3) is 0.360. The molecule has 3 aromatic rings. The van der Waals surface area contributed by atoms with E-state index in [-0.39, 0.29) is 46.1 Å². The van der Waals surface area contributed by atoms with Crippen LogP contribution in [0.3, 0.4) is 0 Å². The summed E-state index contributed by atoms with van der Waals surface area (Å²) in [6.07, 6.45) is -3.61. The Morgan fingerprint density at radius 2 is 1.89 bits per heavy atom. The number of nitrogens with zero attached hydrogens (tertiary/aromatic N) is 2. The number of carbonyl (C=O) groups is 3. The molecule has 0 aliphatic carbocycles. The fourth-order valence-corrected chi connectivity index (χ4v) is 5.83. The van der Waals surface area contributed by atoms with Crippen LogP contribution >= 0.6 is 11.3 Å². The van der Waals surface area contributed by atoms with E-state index in [1.54, 1.807) is 11.0 Å². The van der Waals surface area contributed by atoms with E-state index in [9.17, 15) is 27.6 Å². The number of ether oxygens (including phenoxy) is 1. The van der Waals surface area contributed by atoms with E-state index < -0.39 is 29.4 Å². The molecule has 12 heteroatoms. The molecule has 0 bridgehead atoms. The summed E-state index contributed by atoms with van der Waals surface area (Å²) in [5.74, 6) is 0.0958. The third-order valence-electron chi connectivity index (χ3n) is 6.72. The van der Waals surface area contributed by atoms with Gasteiger partial charge < -0.3 is 15.0 Å². The average Bonchev–Trinajstić information content (AvgIpc) is 3.21. The van der Waals surface area contributed by atoms with Crippen molar-refractivity contribution in [2.45, 2.75) is 38.0 Å². The van der Waals surface area contributed by atoms with Crippen LogP contribution in [0.15, 0.2) is 30.3 Å². The maximum Gasteiger partial charge on any atom is 0.433 e. The van der Waals surface area contributed by atoms with Gasteiger partial charge in [0.15, 0.2) is 5.78 Å². The number of nitrogens with one attached hydrogen (secondary N) is 2. The zero-order valence-electron chi connectivity index (χ0n) is 20.0.